The molecule has 2 aliphatic rings. The molecule has 0 spiro atoms. The lowest BCUT2D eigenvalue weighted by atomic mass is 10.1. The third kappa shape index (κ3) is 4.74. The highest BCUT2D eigenvalue weighted by molar-refractivity contribution is 5.95. The van der Waals surface area contributed by atoms with Crippen molar-refractivity contribution in [3.63, 3.8) is 0 Å². The Hall–Kier alpha value is -3.27. The number of nitrogens with zero attached hydrogens (tertiary/aromatic N) is 7. The minimum atomic E-state index is -0.485. The summed E-state index contributed by atoms with van der Waals surface area (Å²) in [5, 5.41) is 19.8. The van der Waals surface area contributed by atoms with Gasteiger partial charge >= 0.3 is 0 Å². The topological polar surface area (TPSA) is 99.0 Å². The lowest BCUT2D eigenvalue weighted by Crippen LogP contribution is -2.49. The van der Waals surface area contributed by atoms with E-state index >= 15 is 0 Å². The Kier molecular flexibility index (Phi) is 6.26. The number of rotatable bonds is 5. The van der Waals surface area contributed by atoms with Crippen LogP contribution in [-0.4, -0.2) is 89.7 Å². The molecule has 0 atom stereocenters. The van der Waals surface area contributed by atoms with E-state index in [1.165, 1.54) is 12.1 Å². The van der Waals surface area contributed by atoms with Gasteiger partial charge in [0.2, 0.25) is 0 Å². The summed E-state index contributed by atoms with van der Waals surface area (Å²) in [7, 11) is 0. The van der Waals surface area contributed by atoms with Crippen molar-refractivity contribution in [2.75, 3.05) is 68.7 Å². The predicted octanol–water partition coefficient (Wildman–Crippen LogP) is 1.49. The Morgan fingerprint density at radius 3 is 2.03 bits per heavy atom. The number of aromatic nitrogens is 2. The van der Waals surface area contributed by atoms with Crippen molar-refractivity contribution >= 4 is 23.2 Å². The van der Waals surface area contributed by atoms with Crippen LogP contribution in [0.25, 0.3) is 0 Å². The van der Waals surface area contributed by atoms with E-state index in [1.54, 1.807) is 17.0 Å². The number of benzene rings is 1. The molecule has 2 aromatic rings. The van der Waals surface area contributed by atoms with Crippen LogP contribution in [0, 0.1) is 10.1 Å². The summed E-state index contributed by atoms with van der Waals surface area (Å²) in [5.74, 6) is 1.52. The van der Waals surface area contributed by atoms with Gasteiger partial charge in [-0.25, -0.2) is 0 Å². The minimum Gasteiger partial charge on any atom is -0.353 e. The van der Waals surface area contributed by atoms with Crippen molar-refractivity contribution in [2.45, 2.75) is 6.92 Å². The molecule has 2 aliphatic heterocycles. The van der Waals surface area contributed by atoms with E-state index in [0.29, 0.717) is 31.7 Å². The quantitative estimate of drug-likeness (QED) is 0.525. The number of non-ortho nitro benzene ring substituents is 1. The van der Waals surface area contributed by atoms with E-state index in [-0.39, 0.29) is 11.6 Å². The van der Waals surface area contributed by atoms with Gasteiger partial charge < -0.3 is 19.6 Å². The summed E-state index contributed by atoms with van der Waals surface area (Å²) >= 11 is 0. The SMILES string of the molecule is CCN1CCN(c2ccc(N3CCN(C(=O)c4cccc([N+](=O)[O-])c4)CC3)nn2)CC1. The zero-order valence-corrected chi connectivity index (χ0v) is 17.7. The molecular formula is C21H27N7O3. The molecule has 164 valence electrons. The second-order valence-corrected chi connectivity index (χ2v) is 7.76. The van der Waals surface area contributed by atoms with Crippen LogP contribution in [0.1, 0.15) is 17.3 Å². The fourth-order valence-electron chi connectivity index (χ4n) is 4.02. The summed E-state index contributed by atoms with van der Waals surface area (Å²) in [4.78, 5) is 31.7. The normalized spacial score (nSPS) is 17.6. The van der Waals surface area contributed by atoms with Crippen LogP contribution >= 0.6 is 0 Å². The zero-order chi connectivity index (χ0) is 21.8. The Bertz CT molecular complexity index is 921. The van der Waals surface area contributed by atoms with E-state index in [4.69, 9.17) is 0 Å². The highest BCUT2D eigenvalue weighted by atomic mass is 16.6. The van der Waals surface area contributed by atoms with Crippen molar-refractivity contribution in [1.29, 1.82) is 0 Å². The van der Waals surface area contributed by atoms with Gasteiger partial charge in [-0.05, 0) is 24.7 Å². The van der Waals surface area contributed by atoms with Crippen LogP contribution in [0.5, 0.6) is 0 Å². The third-order valence-electron chi connectivity index (χ3n) is 5.97. The molecule has 1 amide bonds. The minimum absolute atomic E-state index is 0.0732. The monoisotopic (exact) mass is 425 g/mol. The predicted molar refractivity (Wildman–Crippen MR) is 118 cm³/mol. The first kappa shape index (κ1) is 21.0. The van der Waals surface area contributed by atoms with Crippen LogP contribution in [0.15, 0.2) is 36.4 Å². The van der Waals surface area contributed by atoms with Gasteiger partial charge in [0.15, 0.2) is 11.6 Å². The summed E-state index contributed by atoms with van der Waals surface area (Å²) in [5.41, 5.74) is 0.269. The van der Waals surface area contributed by atoms with E-state index in [9.17, 15) is 14.9 Å². The number of likely N-dealkylation sites (N-methyl/N-ethyl adjacent to an activating group) is 1. The second kappa shape index (κ2) is 9.25. The maximum atomic E-state index is 12.7. The smallest absolute Gasteiger partial charge is 0.270 e. The fourth-order valence-corrected chi connectivity index (χ4v) is 4.02. The van der Waals surface area contributed by atoms with Gasteiger partial charge in [-0.15, -0.1) is 10.2 Å². The molecule has 0 bridgehead atoms. The largest absolute Gasteiger partial charge is 0.353 e. The lowest BCUT2D eigenvalue weighted by Gasteiger charge is -2.36. The summed E-state index contributed by atoms with van der Waals surface area (Å²) < 4.78 is 0. The second-order valence-electron chi connectivity index (χ2n) is 7.76. The third-order valence-corrected chi connectivity index (χ3v) is 5.97. The highest BCUT2D eigenvalue weighted by Crippen LogP contribution is 2.20. The number of amides is 1. The maximum Gasteiger partial charge on any atom is 0.270 e. The van der Waals surface area contributed by atoms with Crippen molar-refractivity contribution in [2.24, 2.45) is 0 Å². The molecular weight excluding hydrogens is 398 g/mol. The average molecular weight is 425 g/mol. The van der Waals surface area contributed by atoms with Gasteiger partial charge in [0.05, 0.1) is 4.92 Å². The van der Waals surface area contributed by atoms with E-state index in [0.717, 1.165) is 44.4 Å². The Labute approximate surface area is 181 Å². The number of nitro benzene ring substituents is 1. The Balaban J connectivity index is 1.33. The van der Waals surface area contributed by atoms with Crippen molar-refractivity contribution in [1.82, 2.24) is 20.0 Å². The Morgan fingerprint density at radius 2 is 1.52 bits per heavy atom. The highest BCUT2D eigenvalue weighted by Gasteiger charge is 2.24. The number of nitro groups is 1. The summed E-state index contributed by atoms with van der Waals surface area (Å²) in [6, 6.07) is 9.89. The molecule has 3 heterocycles. The van der Waals surface area contributed by atoms with Gasteiger partial charge in [-0.3, -0.25) is 14.9 Å². The maximum absolute atomic E-state index is 12.7. The molecule has 31 heavy (non-hydrogen) atoms. The van der Waals surface area contributed by atoms with Crippen molar-refractivity contribution in [3.05, 3.63) is 52.1 Å². The van der Waals surface area contributed by atoms with E-state index in [2.05, 4.69) is 31.8 Å². The van der Waals surface area contributed by atoms with E-state index in [1.807, 2.05) is 12.1 Å². The van der Waals surface area contributed by atoms with Gasteiger partial charge in [0, 0.05) is 70.1 Å². The molecule has 0 N–H and O–H groups in total. The average Bonchev–Trinajstić information content (AvgIpc) is 2.84. The molecule has 1 aromatic carbocycles. The molecule has 0 aliphatic carbocycles. The number of piperazine rings is 2. The first-order valence-corrected chi connectivity index (χ1v) is 10.6. The molecule has 4 rings (SSSR count). The molecule has 0 radical (unpaired) electrons. The van der Waals surface area contributed by atoms with Crippen LogP contribution in [0.3, 0.4) is 0 Å². The van der Waals surface area contributed by atoms with Gasteiger partial charge in [-0.2, -0.15) is 0 Å². The summed E-state index contributed by atoms with van der Waals surface area (Å²) in [6.07, 6.45) is 0. The number of carbonyl (C=O) groups is 1. The number of hydrogen-bond donors (Lipinski definition) is 0. The molecule has 0 unspecified atom stereocenters. The zero-order valence-electron chi connectivity index (χ0n) is 17.7. The first-order valence-electron chi connectivity index (χ1n) is 10.6. The molecule has 2 saturated heterocycles. The van der Waals surface area contributed by atoms with Crippen LogP contribution < -0.4 is 9.80 Å². The van der Waals surface area contributed by atoms with Crippen molar-refractivity contribution in [3.8, 4) is 0 Å². The Morgan fingerprint density at radius 1 is 0.935 bits per heavy atom. The van der Waals surface area contributed by atoms with Crippen LogP contribution in [0.2, 0.25) is 0 Å². The van der Waals surface area contributed by atoms with E-state index < -0.39 is 4.92 Å². The molecule has 10 heteroatoms. The summed E-state index contributed by atoms with van der Waals surface area (Å²) in [6.45, 7) is 9.61. The standard InChI is InChI=1S/C21H27N7O3/c1-2-24-8-10-25(11-9-24)19-6-7-20(23-22-19)26-12-14-27(15-13-26)21(29)17-4-3-5-18(16-17)28(30)31/h3-7,16H,2,8-15H2,1H3. The molecule has 10 nitrogen and oxygen atoms in total. The van der Waals surface area contributed by atoms with Crippen LogP contribution in [0.4, 0.5) is 17.3 Å². The fraction of sp³-hybridized carbons (Fsp3) is 0.476. The number of carbonyl (C=O) groups excluding carboxylic acids is 1. The number of anilines is 2. The molecule has 1 aromatic heterocycles. The first-order chi connectivity index (χ1) is 15.0. The number of hydrogen-bond acceptors (Lipinski definition) is 8. The molecule has 2 fully saturated rings. The van der Waals surface area contributed by atoms with Gasteiger partial charge in [0.1, 0.15) is 0 Å². The van der Waals surface area contributed by atoms with Gasteiger partial charge in [-0.1, -0.05) is 13.0 Å². The lowest BCUT2D eigenvalue weighted by molar-refractivity contribution is -0.384. The van der Waals surface area contributed by atoms with Crippen LogP contribution in [-0.2, 0) is 0 Å². The molecule has 0 saturated carbocycles. The van der Waals surface area contributed by atoms with Crippen molar-refractivity contribution < 1.29 is 9.72 Å². The van der Waals surface area contributed by atoms with Gasteiger partial charge in [0.25, 0.3) is 11.6 Å².